The van der Waals surface area contributed by atoms with Crippen molar-refractivity contribution in [3.63, 3.8) is 0 Å². The first-order valence-electron chi connectivity index (χ1n) is 9.88. The Labute approximate surface area is 170 Å². The molecule has 3 aliphatic rings. The number of carbonyl (C=O) groups excluding carboxylic acids is 3. The van der Waals surface area contributed by atoms with Crippen LogP contribution in [-0.2, 0) is 23.9 Å². The predicted octanol–water partition coefficient (Wildman–Crippen LogP) is 3.51. The van der Waals surface area contributed by atoms with Crippen molar-refractivity contribution in [3.8, 4) is 0 Å². The second-order valence-electron chi connectivity index (χ2n) is 8.34. The zero-order chi connectivity index (χ0) is 20.8. The molecule has 2 fully saturated rings. The maximum Gasteiger partial charge on any atom is 0.334 e. The van der Waals surface area contributed by atoms with Gasteiger partial charge < -0.3 is 9.47 Å². The van der Waals surface area contributed by atoms with Crippen molar-refractivity contribution in [2.24, 2.45) is 23.2 Å². The molecule has 0 unspecified atom stereocenters. The Morgan fingerprint density at radius 3 is 2.72 bits per heavy atom. The van der Waals surface area contributed by atoms with Crippen molar-refractivity contribution in [1.29, 1.82) is 0 Å². The smallest absolute Gasteiger partial charge is 0.334 e. The number of fused-ring (bicyclic) bond motifs is 2. The van der Waals surface area contributed by atoms with Gasteiger partial charge in [-0.15, -0.1) is 0 Å². The Hall–Kier alpha value is -2.95. The molecule has 150 valence electrons. The summed E-state index contributed by atoms with van der Waals surface area (Å²) in [5.41, 5.74) is 0.184. The summed E-state index contributed by atoms with van der Waals surface area (Å²) in [7, 11) is 0. The van der Waals surface area contributed by atoms with E-state index >= 15 is 0 Å². The van der Waals surface area contributed by atoms with Crippen LogP contribution in [0.5, 0.6) is 0 Å². The number of rotatable bonds is 3. The summed E-state index contributed by atoms with van der Waals surface area (Å²) in [5.74, 6) is -1.65. The average molecular weight is 392 g/mol. The minimum Gasteiger partial charge on any atom is -0.458 e. The van der Waals surface area contributed by atoms with Gasteiger partial charge in [0, 0.05) is 11.6 Å². The van der Waals surface area contributed by atoms with E-state index in [-0.39, 0.29) is 23.2 Å². The summed E-state index contributed by atoms with van der Waals surface area (Å²) in [6.45, 7) is 7.76. The van der Waals surface area contributed by atoms with Crippen LogP contribution in [0, 0.1) is 23.2 Å². The van der Waals surface area contributed by atoms with Crippen molar-refractivity contribution >= 4 is 23.8 Å². The van der Waals surface area contributed by atoms with Gasteiger partial charge in [-0.05, 0) is 42.9 Å². The summed E-state index contributed by atoms with van der Waals surface area (Å²) in [6.07, 6.45) is 5.83. The lowest BCUT2D eigenvalue weighted by molar-refractivity contribution is -0.159. The van der Waals surface area contributed by atoms with Crippen molar-refractivity contribution in [3.05, 3.63) is 66.3 Å². The standard InChI is InChI=1S/C24H24O5/c1-14-13-18-21(15(2)23(27)28-18)22(24(3)17(14)10-11-19(24)25)29-20(26)12-9-16-7-5-4-6-8-16/h4-12,14,17-18,21-22H,2,13H2,1,3H3/b12-9+/t14-,17+,18-,21-,22+,24+/m1/s1. The Kier molecular flexibility index (Phi) is 4.77. The molecule has 1 aromatic carbocycles. The van der Waals surface area contributed by atoms with Gasteiger partial charge in [0.15, 0.2) is 5.78 Å². The van der Waals surface area contributed by atoms with Gasteiger partial charge in [0.05, 0.1) is 11.3 Å². The number of ketones is 1. The van der Waals surface area contributed by atoms with E-state index < -0.39 is 35.5 Å². The molecule has 1 saturated heterocycles. The molecule has 0 bridgehead atoms. The fourth-order valence-corrected chi connectivity index (χ4v) is 5.04. The predicted molar refractivity (Wildman–Crippen MR) is 107 cm³/mol. The summed E-state index contributed by atoms with van der Waals surface area (Å²) in [4.78, 5) is 37.8. The SMILES string of the molecule is C=C1C(=O)O[C@@H]2C[C@@H](C)[C@@H]3C=CC(=O)[C@@]3(C)[C@@H](OC(=O)/C=C/c3ccccc3)[C@H]12. The molecule has 4 rings (SSSR count). The van der Waals surface area contributed by atoms with Crippen molar-refractivity contribution in [2.45, 2.75) is 32.5 Å². The third-order valence-corrected chi connectivity index (χ3v) is 6.59. The highest BCUT2D eigenvalue weighted by atomic mass is 16.6. The molecular weight excluding hydrogens is 368 g/mol. The van der Waals surface area contributed by atoms with Crippen LogP contribution in [0.25, 0.3) is 6.08 Å². The molecule has 6 atom stereocenters. The topological polar surface area (TPSA) is 69.7 Å². The van der Waals surface area contributed by atoms with Gasteiger partial charge in [-0.2, -0.15) is 0 Å². The molecule has 0 radical (unpaired) electrons. The maximum atomic E-state index is 12.9. The Bertz CT molecular complexity index is 928. The van der Waals surface area contributed by atoms with Gasteiger partial charge >= 0.3 is 11.9 Å². The minimum atomic E-state index is -0.952. The van der Waals surface area contributed by atoms with Crippen LogP contribution in [0.15, 0.2) is 60.7 Å². The highest BCUT2D eigenvalue weighted by Crippen LogP contribution is 2.54. The first-order valence-corrected chi connectivity index (χ1v) is 9.88. The molecule has 0 spiro atoms. The summed E-state index contributed by atoms with van der Waals surface area (Å²) < 4.78 is 11.4. The number of hydrogen-bond acceptors (Lipinski definition) is 5. The zero-order valence-electron chi connectivity index (χ0n) is 16.5. The Morgan fingerprint density at radius 1 is 1.28 bits per heavy atom. The lowest BCUT2D eigenvalue weighted by Gasteiger charge is -2.39. The number of hydrogen-bond donors (Lipinski definition) is 0. The number of esters is 2. The van der Waals surface area contributed by atoms with E-state index in [4.69, 9.17) is 9.47 Å². The second-order valence-corrected chi connectivity index (χ2v) is 8.34. The van der Waals surface area contributed by atoms with Crippen LogP contribution in [0.4, 0.5) is 0 Å². The Balaban J connectivity index is 1.68. The van der Waals surface area contributed by atoms with Gasteiger partial charge in [0.2, 0.25) is 0 Å². The molecule has 1 aromatic rings. The molecule has 0 aromatic heterocycles. The molecule has 1 heterocycles. The summed E-state index contributed by atoms with van der Waals surface area (Å²) in [6, 6.07) is 9.40. The number of ether oxygens (including phenoxy) is 2. The van der Waals surface area contributed by atoms with Gasteiger partial charge in [0.1, 0.15) is 12.2 Å². The molecule has 5 nitrogen and oxygen atoms in total. The van der Waals surface area contributed by atoms with E-state index in [1.54, 1.807) is 12.2 Å². The maximum absolute atomic E-state index is 12.9. The van der Waals surface area contributed by atoms with E-state index in [0.717, 1.165) is 5.56 Å². The molecule has 1 saturated carbocycles. The first kappa shape index (κ1) is 19.4. The van der Waals surface area contributed by atoms with Crippen LogP contribution < -0.4 is 0 Å². The molecule has 1 aliphatic heterocycles. The Morgan fingerprint density at radius 2 is 2.00 bits per heavy atom. The normalized spacial score (nSPS) is 35.9. The van der Waals surface area contributed by atoms with E-state index in [0.29, 0.717) is 6.42 Å². The van der Waals surface area contributed by atoms with E-state index in [2.05, 4.69) is 6.58 Å². The van der Waals surface area contributed by atoms with Crippen LogP contribution >= 0.6 is 0 Å². The van der Waals surface area contributed by atoms with Crippen LogP contribution in [0.2, 0.25) is 0 Å². The van der Waals surface area contributed by atoms with Gasteiger partial charge in [-0.1, -0.05) is 49.9 Å². The second kappa shape index (κ2) is 7.14. The highest BCUT2D eigenvalue weighted by molar-refractivity contribution is 5.99. The third-order valence-electron chi connectivity index (χ3n) is 6.59. The van der Waals surface area contributed by atoms with Gasteiger partial charge in [0.25, 0.3) is 0 Å². The molecule has 5 heteroatoms. The van der Waals surface area contributed by atoms with Gasteiger partial charge in [-0.25, -0.2) is 9.59 Å². The zero-order valence-corrected chi connectivity index (χ0v) is 16.5. The van der Waals surface area contributed by atoms with Crippen molar-refractivity contribution in [1.82, 2.24) is 0 Å². The molecule has 0 N–H and O–H groups in total. The molecule has 29 heavy (non-hydrogen) atoms. The monoisotopic (exact) mass is 392 g/mol. The van der Waals surface area contributed by atoms with Crippen molar-refractivity contribution in [2.75, 3.05) is 0 Å². The summed E-state index contributed by atoms with van der Waals surface area (Å²) in [5, 5.41) is 0. The van der Waals surface area contributed by atoms with E-state index in [1.165, 1.54) is 6.08 Å². The fraction of sp³-hybridized carbons (Fsp3) is 0.375. The molecule has 0 amide bonds. The molecule has 2 aliphatic carbocycles. The number of carbonyl (C=O) groups is 3. The van der Waals surface area contributed by atoms with Crippen molar-refractivity contribution < 1.29 is 23.9 Å². The van der Waals surface area contributed by atoms with Crippen LogP contribution in [0.3, 0.4) is 0 Å². The highest BCUT2D eigenvalue weighted by Gasteiger charge is 2.61. The minimum absolute atomic E-state index is 0.0908. The van der Waals surface area contributed by atoms with E-state index in [9.17, 15) is 14.4 Å². The first-order chi connectivity index (χ1) is 13.8. The summed E-state index contributed by atoms with van der Waals surface area (Å²) >= 11 is 0. The largest absolute Gasteiger partial charge is 0.458 e. The van der Waals surface area contributed by atoms with Crippen LogP contribution in [-0.4, -0.2) is 29.9 Å². The van der Waals surface area contributed by atoms with E-state index in [1.807, 2.05) is 50.3 Å². The average Bonchev–Trinajstić information content (AvgIpc) is 3.12. The van der Waals surface area contributed by atoms with Gasteiger partial charge in [-0.3, -0.25) is 4.79 Å². The third kappa shape index (κ3) is 3.15. The quantitative estimate of drug-likeness (QED) is 0.582. The number of allylic oxidation sites excluding steroid dienone is 2. The van der Waals surface area contributed by atoms with Crippen LogP contribution in [0.1, 0.15) is 25.8 Å². The lowest BCUT2D eigenvalue weighted by atomic mass is 9.67. The lowest BCUT2D eigenvalue weighted by Crippen LogP contribution is -2.49. The fourth-order valence-electron chi connectivity index (χ4n) is 5.04. The molecular formula is C24H24O5. The number of benzene rings is 1.